The van der Waals surface area contributed by atoms with Crippen LogP contribution in [0.5, 0.6) is 0 Å². The number of esters is 1. The lowest BCUT2D eigenvalue weighted by molar-refractivity contribution is -0.147. The summed E-state index contributed by atoms with van der Waals surface area (Å²) in [5.41, 5.74) is 5.20. The van der Waals surface area contributed by atoms with Crippen molar-refractivity contribution in [3.63, 3.8) is 0 Å². The SMILES string of the molecule is CC/C=C\C/C=C\C/C=C\C/C=C\C/C=C\C/C=C\CCCCCCCCCCCCCCCCCCC(=O)OCC(O)COP(=O)(O)OCCN. The van der Waals surface area contributed by atoms with Crippen molar-refractivity contribution in [3.8, 4) is 0 Å². The maximum atomic E-state index is 11.8. The zero-order valence-electron chi connectivity index (χ0n) is 32.8. The van der Waals surface area contributed by atoms with Crippen molar-refractivity contribution in [2.24, 2.45) is 5.73 Å². The van der Waals surface area contributed by atoms with E-state index in [0.29, 0.717) is 6.42 Å². The number of aliphatic hydroxyl groups excluding tert-OH is 1. The van der Waals surface area contributed by atoms with Crippen LogP contribution in [0.1, 0.15) is 161 Å². The first-order valence-electron chi connectivity index (χ1n) is 20.5. The summed E-state index contributed by atoms with van der Waals surface area (Å²) in [6.07, 6.45) is 53.7. The van der Waals surface area contributed by atoms with Crippen LogP contribution in [0.2, 0.25) is 0 Å². The van der Waals surface area contributed by atoms with Gasteiger partial charge in [-0.2, -0.15) is 0 Å². The van der Waals surface area contributed by atoms with Gasteiger partial charge >= 0.3 is 13.8 Å². The third-order valence-corrected chi connectivity index (χ3v) is 9.32. The number of aliphatic hydroxyl groups is 1. The van der Waals surface area contributed by atoms with Crippen molar-refractivity contribution < 1.29 is 33.1 Å². The molecule has 0 saturated heterocycles. The van der Waals surface area contributed by atoms with Gasteiger partial charge in [-0.1, -0.05) is 170 Å². The van der Waals surface area contributed by atoms with Crippen LogP contribution in [0.4, 0.5) is 0 Å². The van der Waals surface area contributed by atoms with Crippen LogP contribution >= 0.6 is 7.82 Å². The predicted molar refractivity (Wildman–Crippen MR) is 219 cm³/mol. The lowest BCUT2D eigenvalue weighted by atomic mass is 10.0. The molecule has 0 aliphatic heterocycles. The molecule has 0 bridgehead atoms. The van der Waals surface area contributed by atoms with Crippen molar-refractivity contribution in [1.82, 2.24) is 0 Å². The summed E-state index contributed by atoms with van der Waals surface area (Å²) in [5, 5.41) is 9.76. The number of unbranched alkanes of at least 4 members (excludes halogenated alkanes) is 16. The highest BCUT2D eigenvalue weighted by atomic mass is 31.2. The molecule has 300 valence electrons. The molecular weight excluding hydrogens is 673 g/mol. The average molecular weight is 750 g/mol. The first-order chi connectivity index (χ1) is 25.4. The van der Waals surface area contributed by atoms with E-state index in [1.54, 1.807) is 0 Å². The normalized spacial score (nSPS) is 14.3. The largest absolute Gasteiger partial charge is 0.472 e. The van der Waals surface area contributed by atoms with E-state index in [4.69, 9.17) is 10.5 Å². The number of phosphoric ester groups is 1. The minimum atomic E-state index is -4.25. The highest BCUT2D eigenvalue weighted by Crippen LogP contribution is 2.42. The maximum absolute atomic E-state index is 11.8. The smallest absolute Gasteiger partial charge is 0.463 e. The van der Waals surface area contributed by atoms with Gasteiger partial charge in [0.15, 0.2) is 0 Å². The van der Waals surface area contributed by atoms with Gasteiger partial charge in [0.1, 0.15) is 12.7 Å². The van der Waals surface area contributed by atoms with E-state index in [-0.39, 0.29) is 25.7 Å². The second-order valence-electron chi connectivity index (χ2n) is 13.3. The van der Waals surface area contributed by atoms with Crippen LogP contribution in [0.25, 0.3) is 0 Å². The van der Waals surface area contributed by atoms with E-state index < -0.39 is 20.5 Å². The molecule has 0 fully saturated rings. The molecule has 2 unspecified atom stereocenters. The van der Waals surface area contributed by atoms with E-state index in [1.807, 2.05) is 0 Å². The summed E-state index contributed by atoms with van der Waals surface area (Å²) in [4.78, 5) is 21.2. The molecule has 0 aromatic rings. The fraction of sp³-hybridized carbons (Fsp3) is 0.698. The van der Waals surface area contributed by atoms with Crippen molar-refractivity contribution in [2.75, 3.05) is 26.4 Å². The Balaban J connectivity index is 3.39. The number of hydrogen-bond donors (Lipinski definition) is 3. The molecule has 0 aromatic carbocycles. The maximum Gasteiger partial charge on any atom is 0.472 e. The van der Waals surface area contributed by atoms with Gasteiger partial charge in [-0.05, 0) is 57.8 Å². The second kappa shape index (κ2) is 40.1. The monoisotopic (exact) mass is 750 g/mol. The number of ether oxygens (including phenoxy) is 1. The molecular formula is C43H76NO7P. The van der Waals surface area contributed by atoms with E-state index in [2.05, 4.69) is 88.9 Å². The summed E-state index contributed by atoms with van der Waals surface area (Å²) in [7, 11) is -4.25. The Morgan fingerprint density at radius 1 is 0.577 bits per heavy atom. The Kier molecular flexibility index (Phi) is 38.5. The molecule has 8 nitrogen and oxygen atoms in total. The van der Waals surface area contributed by atoms with Gasteiger partial charge in [0, 0.05) is 13.0 Å². The minimum absolute atomic E-state index is 0.0726. The number of rotatable bonds is 38. The summed E-state index contributed by atoms with van der Waals surface area (Å²) in [6, 6.07) is 0. The van der Waals surface area contributed by atoms with E-state index >= 15 is 0 Å². The fourth-order valence-corrected chi connectivity index (χ4v) is 6.11. The quantitative estimate of drug-likeness (QED) is 0.0246. The molecule has 0 rings (SSSR count). The molecule has 52 heavy (non-hydrogen) atoms. The minimum Gasteiger partial charge on any atom is -0.463 e. The van der Waals surface area contributed by atoms with Crippen LogP contribution in [0, 0.1) is 0 Å². The van der Waals surface area contributed by atoms with Gasteiger partial charge in [0.25, 0.3) is 0 Å². The Labute approximate surface area is 318 Å². The highest BCUT2D eigenvalue weighted by molar-refractivity contribution is 7.47. The molecule has 0 spiro atoms. The Morgan fingerprint density at radius 2 is 0.962 bits per heavy atom. The van der Waals surface area contributed by atoms with Crippen molar-refractivity contribution >= 4 is 13.8 Å². The van der Waals surface area contributed by atoms with Crippen LogP contribution in [-0.2, 0) is 23.1 Å². The van der Waals surface area contributed by atoms with Gasteiger partial charge in [-0.3, -0.25) is 13.8 Å². The summed E-state index contributed by atoms with van der Waals surface area (Å²) >= 11 is 0. The third kappa shape index (κ3) is 40.7. The Hall–Kier alpha value is -2.06. The van der Waals surface area contributed by atoms with Gasteiger partial charge in [-0.25, -0.2) is 4.57 Å². The molecule has 9 heteroatoms. The zero-order valence-corrected chi connectivity index (χ0v) is 33.7. The molecule has 0 aliphatic rings. The van der Waals surface area contributed by atoms with Gasteiger partial charge in [0.05, 0.1) is 13.2 Å². The lowest BCUT2D eigenvalue weighted by Crippen LogP contribution is -2.23. The van der Waals surface area contributed by atoms with Crippen LogP contribution in [0.3, 0.4) is 0 Å². The fourth-order valence-electron chi connectivity index (χ4n) is 5.34. The first-order valence-corrected chi connectivity index (χ1v) is 22.0. The number of carbonyl (C=O) groups excluding carboxylic acids is 1. The van der Waals surface area contributed by atoms with E-state index in [0.717, 1.165) is 57.8 Å². The van der Waals surface area contributed by atoms with Crippen molar-refractivity contribution in [1.29, 1.82) is 0 Å². The van der Waals surface area contributed by atoms with Gasteiger partial charge in [0.2, 0.25) is 0 Å². The molecule has 0 amide bonds. The average Bonchev–Trinajstić information content (AvgIpc) is 3.14. The second-order valence-corrected chi connectivity index (χ2v) is 14.8. The molecule has 0 saturated carbocycles. The van der Waals surface area contributed by atoms with Crippen molar-refractivity contribution in [3.05, 3.63) is 72.9 Å². The summed E-state index contributed by atoms with van der Waals surface area (Å²) in [5.74, 6) is -0.387. The zero-order chi connectivity index (χ0) is 38.1. The summed E-state index contributed by atoms with van der Waals surface area (Å²) in [6.45, 7) is 1.34. The van der Waals surface area contributed by atoms with E-state index in [9.17, 15) is 19.4 Å². The van der Waals surface area contributed by atoms with Gasteiger partial charge < -0.3 is 20.5 Å². The molecule has 0 aromatic heterocycles. The lowest BCUT2D eigenvalue weighted by Gasteiger charge is -2.15. The summed E-state index contributed by atoms with van der Waals surface area (Å²) < 4.78 is 25.7. The number of phosphoric acid groups is 1. The molecule has 0 heterocycles. The number of allylic oxidation sites excluding steroid dienone is 12. The third-order valence-electron chi connectivity index (χ3n) is 8.34. The Bertz CT molecular complexity index is 1020. The number of carbonyl (C=O) groups is 1. The molecule has 0 radical (unpaired) electrons. The van der Waals surface area contributed by atoms with Crippen LogP contribution in [-0.4, -0.2) is 48.4 Å². The Morgan fingerprint density at radius 3 is 1.38 bits per heavy atom. The predicted octanol–water partition coefficient (Wildman–Crippen LogP) is 11.7. The number of nitrogens with two attached hydrogens (primary N) is 1. The topological polar surface area (TPSA) is 128 Å². The van der Waals surface area contributed by atoms with Crippen molar-refractivity contribution in [2.45, 2.75) is 167 Å². The standard InChI is InChI=1S/C43H76NO7P/c1-2-3-4-5-6-7-8-9-10-11-12-13-14-15-16-17-18-19-20-21-22-23-24-25-26-27-28-29-30-31-32-33-34-35-36-37-43(46)49-40-42(45)41-51-52(47,48)50-39-38-44/h3-4,6-7,9-10,12-13,15-16,18-19,42,45H,2,5,8,11,14,17,20-41,44H2,1H3,(H,47,48)/b4-3-,7-6-,10-9-,13-12-,16-15-,19-18-. The van der Waals surface area contributed by atoms with Crippen LogP contribution in [0.15, 0.2) is 72.9 Å². The number of hydrogen-bond acceptors (Lipinski definition) is 7. The first kappa shape index (κ1) is 49.9. The van der Waals surface area contributed by atoms with Gasteiger partial charge in [-0.15, -0.1) is 0 Å². The highest BCUT2D eigenvalue weighted by Gasteiger charge is 2.22. The molecule has 4 N–H and O–H groups in total. The molecule has 0 aliphatic carbocycles. The molecule has 2 atom stereocenters. The van der Waals surface area contributed by atoms with E-state index in [1.165, 1.54) is 89.9 Å². The van der Waals surface area contributed by atoms with Crippen LogP contribution < -0.4 is 5.73 Å².